The molecule has 188 valence electrons. The number of ether oxygens (including phenoxy) is 1. The van der Waals surface area contributed by atoms with E-state index in [1.165, 1.54) is 33.5 Å². The van der Waals surface area contributed by atoms with Gasteiger partial charge in [0.05, 0.1) is 17.6 Å². The van der Waals surface area contributed by atoms with Gasteiger partial charge < -0.3 is 15.0 Å². The van der Waals surface area contributed by atoms with Crippen LogP contribution in [0.25, 0.3) is 12.2 Å². The van der Waals surface area contributed by atoms with Crippen molar-refractivity contribution in [3.8, 4) is 5.75 Å². The summed E-state index contributed by atoms with van der Waals surface area (Å²) in [6.07, 6.45) is 6.38. The molecule has 0 saturated carbocycles. The molecule has 1 aliphatic carbocycles. The third-order valence-corrected chi connectivity index (χ3v) is 8.36. The molecule has 0 unspecified atom stereocenters. The van der Waals surface area contributed by atoms with Crippen LogP contribution in [0.3, 0.4) is 0 Å². The molecule has 5 heteroatoms. The maximum Gasteiger partial charge on any atom is 0.118 e. The monoisotopic (exact) mass is 507 g/mol. The molecule has 0 saturated heterocycles. The van der Waals surface area contributed by atoms with Crippen LogP contribution in [0.15, 0.2) is 91.1 Å². The van der Waals surface area contributed by atoms with Gasteiger partial charge in [-0.05, 0) is 52.1 Å². The van der Waals surface area contributed by atoms with Crippen LogP contribution in [0.4, 0.5) is 5.69 Å². The van der Waals surface area contributed by atoms with E-state index in [9.17, 15) is 0 Å². The minimum Gasteiger partial charge on any atom is -0.497 e. The van der Waals surface area contributed by atoms with E-state index in [2.05, 4.69) is 120 Å². The summed E-state index contributed by atoms with van der Waals surface area (Å²) in [5.41, 5.74) is 8.59. The van der Waals surface area contributed by atoms with Crippen molar-refractivity contribution in [2.45, 2.75) is 11.3 Å². The summed E-state index contributed by atoms with van der Waals surface area (Å²) >= 11 is 1.98. The lowest BCUT2D eigenvalue weighted by atomic mass is 9.81. The summed E-state index contributed by atoms with van der Waals surface area (Å²) in [4.78, 5) is 6.65. The zero-order chi connectivity index (χ0) is 25.7. The van der Waals surface area contributed by atoms with E-state index in [4.69, 9.17) is 4.74 Å². The molecule has 0 aliphatic heterocycles. The van der Waals surface area contributed by atoms with Crippen LogP contribution in [0.5, 0.6) is 5.75 Å². The SMILES string of the molecule is COc1ccc(C2(SCCNCc3cc(N(C)C)ccn3)c3ccccc3C=Cc3ccccc32)cc1. The molecule has 0 amide bonds. The average Bonchev–Trinajstić information content (AvgIpc) is 3.08. The standard InChI is InChI=1S/C32H33N3OS/c1-35(2)28-18-19-34-27(22-28)23-33-20-21-37-32(26-14-16-29(36-3)17-15-26)30-10-6-4-8-24(30)12-13-25-9-5-7-11-31(25)32/h4-19,22,33H,20-21,23H2,1-3H3. The highest BCUT2D eigenvalue weighted by Gasteiger charge is 2.40. The lowest BCUT2D eigenvalue weighted by Crippen LogP contribution is -2.29. The number of nitrogens with one attached hydrogen (secondary N) is 1. The number of rotatable bonds is 9. The first kappa shape index (κ1) is 25.1. The predicted octanol–water partition coefficient (Wildman–Crippen LogP) is 6.45. The Balaban J connectivity index is 1.47. The minimum absolute atomic E-state index is 0.353. The molecule has 4 nitrogen and oxygen atoms in total. The van der Waals surface area contributed by atoms with E-state index in [0.29, 0.717) is 0 Å². The molecule has 0 spiro atoms. The second-order valence-corrected chi connectivity index (χ2v) is 10.7. The Morgan fingerprint density at radius 1 is 0.865 bits per heavy atom. The van der Waals surface area contributed by atoms with Crippen molar-refractivity contribution in [2.75, 3.05) is 38.4 Å². The fourth-order valence-electron chi connectivity index (χ4n) is 4.96. The van der Waals surface area contributed by atoms with Crippen LogP contribution in [0, 0.1) is 0 Å². The van der Waals surface area contributed by atoms with Crippen LogP contribution in [-0.2, 0) is 11.3 Å². The maximum atomic E-state index is 5.49. The molecule has 0 radical (unpaired) electrons. The zero-order valence-corrected chi connectivity index (χ0v) is 22.5. The zero-order valence-electron chi connectivity index (χ0n) is 21.6. The van der Waals surface area contributed by atoms with Crippen molar-refractivity contribution in [3.05, 3.63) is 125 Å². The molecule has 1 heterocycles. The lowest BCUT2D eigenvalue weighted by Gasteiger charge is -2.37. The first-order valence-electron chi connectivity index (χ1n) is 12.6. The van der Waals surface area contributed by atoms with Crippen molar-refractivity contribution < 1.29 is 4.74 Å². The quantitative estimate of drug-likeness (QED) is 0.263. The molecule has 37 heavy (non-hydrogen) atoms. The summed E-state index contributed by atoms with van der Waals surface area (Å²) in [6.45, 7) is 1.61. The van der Waals surface area contributed by atoms with E-state index in [1.54, 1.807) is 7.11 Å². The van der Waals surface area contributed by atoms with Crippen LogP contribution in [0.1, 0.15) is 33.5 Å². The van der Waals surface area contributed by atoms with Crippen molar-refractivity contribution in [3.63, 3.8) is 0 Å². The van der Waals surface area contributed by atoms with Crippen LogP contribution in [-0.4, -0.2) is 38.5 Å². The molecule has 0 bridgehead atoms. The third-order valence-electron chi connectivity index (χ3n) is 6.84. The lowest BCUT2D eigenvalue weighted by molar-refractivity contribution is 0.414. The first-order chi connectivity index (χ1) is 18.1. The van der Waals surface area contributed by atoms with Crippen molar-refractivity contribution in [1.82, 2.24) is 10.3 Å². The van der Waals surface area contributed by atoms with Crippen LogP contribution in [0.2, 0.25) is 0 Å². The smallest absolute Gasteiger partial charge is 0.118 e. The normalized spacial score (nSPS) is 13.4. The molecular weight excluding hydrogens is 474 g/mol. The van der Waals surface area contributed by atoms with E-state index in [0.717, 1.165) is 30.3 Å². The van der Waals surface area contributed by atoms with Crippen LogP contribution < -0.4 is 15.0 Å². The molecule has 5 rings (SSSR count). The van der Waals surface area contributed by atoms with Gasteiger partial charge in [0.25, 0.3) is 0 Å². The largest absolute Gasteiger partial charge is 0.497 e. The Labute approximate surface area is 224 Å². The van der Waals surface area contributed by atoms with Gasteiger partial charge in [-0.2, -0.15) is 0 Å². The third kappa shape index (κ3) is 5.15. The number of pyridine rings is 1. The molecule has 1 aliphatic rings. The van der Waals surface area contributed by atoms with Gasteiger partial charge in [0, 0.05) is 44.8 Å². The number of thioether (sulfide) groups is 1. The minimum atomic E-state index is -0.353. The second kappa shape index (κ2) is 11.2. The summed E-state index contributed by atoms with van der Waals surface area (Å²) in [6, 6.07) is 30.3. The number of fused-ring (bicyclic) bond motifs is 2. The Hall–Kier alpha value is -3.54. The second-order valence-electron chi connectivity index (χ2n) is 9.34. The number of hydrogen-bond acceptors (Lipinski definition) is 5. The highest BCUT2D eigenvalue weighted by Crippen LogP contribution is 2.52. The highest BCUT2D eigenvalue weighted by atomic mass is 32.2. The Morgan fingerprint density at radius 3 is 2.14 bits per heavy atom. The fraction of sp³-hybridized carbons (Fsp3) is 0.219. The van der Waals surface area contributed by atoms with Gasteiger partial charge in [-0.15, -0.1) is 11.8 Å². The van der Waals surface area contributed by atoms with E-state index >= 15 is 0 Å². The van der Waals surface area contributed by atoms with Gasteiger partial charge in [-0.3, -0.25) is 4.98 Å². The molecule has 3 aromatic carbocycles. The first-order valence-corrected chi connectivity index (χ1v) is 13.6. The van der Waals surface area contributed by atoms with Crippen molar-refractivity contribution >= 4 is 29.6 Å². The Kier molecular flexibility index (Phi) is 7.63. The van der Waals surface area contributed by atoms with Gasteiger partial charge in [0.1, 0.15) is 5.75 Å². The van der Waals surface area contributed by atoms with Crippen LogP contribution >= 0.6 is 11.8 Å². The van der Waals surface area contributed by atoms with E-state index in [-0.39, 0.29) is 4.75 Å². The highest BCUT2D eigenvalue weighted by molar-refractivity contribution is 8.00. The summed E-state index contributed by atoms with van der Waals surface area (Å²) in [7, 11) is 5.83. The number of hydrogen-bond donors (Lipinski definition) is 1. The maximum absolute atomic E-state index is 5.49. The van der Waals surface area contributed by atoms with Gasteiger partial charge in [-0.1, -0.05) is 72.8 Å². The number of nitrogens with zero attached hydrogens (tertiary/aromatic N) is 2. The average molecular weight is 508 g/mol. The van der Waals surface area contributed by atoms with Crippen molar-refractivity contribution in [1.29, 1.82) is 0 Å². The number of anilines is 1. The van der Waals surface area contributed by atoms with Gasteiger partial charge in [0.15, 0.2) is 0 Å². The molecule has 4 aromatic rings. The Morgan fingerprint density at radius 2 is 1.51 bits per heavy atom. The number of benzene rings is 3. The molecule has 0 atom stereocenters. The summed E-state index contributed by atoms with van der Waals surface area (Å²) in [5, 5.41) is 3.62. The number of aromatic nitrogens is 1. The number of methoxy groups -OCH3 is 1. The predicted molar refractivity (Wildman–Crippen MR) is 157 cm³/mol. The van der Waals surface area contributed by atoms with Gasteiger partial charge >= 0.3 is 0 Å². The molecular formula is C32H33N3OS. The van der Waals surface area contributed by atoms with Gasteiger partial charge in [0.2, 0.25) is 0 Å². The fourth-order valence-corrected chi connectivity index (χ4v) is 6.50. The molecule has 1 aromatic heterocycles. The summed E-state index contributed by atoms with van der Waals surface area (Å²) < 4.78 is 5.14. The Bertz CT molecular complexity index is 1330. The van der Waals surface area contributed by atoms with Crippen molar-refractivity contribution in [2.24, 2.45) is 0 Å². The topological polar surface area (TPSA) is 37.4 Å². The molecule has 1 N–H and O–H groups in total. The molecule has 0 fully saturated rings. The summed E-state index contributed by atoms with van der Waals surface area (Å²) in [5.74, 6) is 1.80. The van der Waals surface area contributed by atoms with E-state index < -0.39 is 0 Å². The van der Waals surface area contributed by atoms with E-state index in [1.807, 2.05) is 24.0 Å². The van der Waals surface area contributed by atoms with Gasteiger partial charge in [-0.25, -0.2) is 0 Å².